The average Bonchev–Trinajstić information content (AvgIpc) is 2.46. The molecule has 0 aromatic heterocycles. The minimum Gasteiger partial charge on any atom is -0.350 e. The molecule has 0 atom stereocenters. The molecule has 0 unspecified atom stereocenters. The Kier molecular flexibility index (Phi) is 4.79. The lowest BCUT2D eigenvalue weighted by atomic mass is 10.1. The number of nitrogens with one attached hydrogen (secondary N) is 1. The number of nitrogens with zero attached hydrogens (tertiary/aromatic N) is 1. The van der Waals surface area contributed by atoms with Crippen LogP contribution in [0.3, 0.4) is 0 Å². The normalized spacial score (nSPS) is 11.3. The average molecular weight is 344 g/mol. The molecule has 0 saturated carbocycles. The molecule has 0 aliphatic heterocycles. The van der Waals surface area contributed by atoms with E-state index >= 15 is 0 Å². The Bertz CT molecular complexity index is 731. The van der Waals surface area contributed by atoms with Crippen LogP contribution in [-0.2, 0) is 12.6 Å². The van der Waals surface area contributed by atoms with Crippen molar-refractivity contribution in [2.24, 2.45) is 0 Å². The molecule has 0 spiro atoms. The molecule has 2 rings (SSSR count). The van der Waals surface area contributed by atoms with Gasteiger partial charge in [0.25, 0.3) is 5.69 Å². The number of halogens is 4. The van der Waals surface area contributed by atoms with Crippen LogP contribution in [0.25, 0.3) is 0 Å². The van der Waals surface area contributed by atoms with Gasteiger partial charge in [0.1, 0.15) is 5.69 Å². The fourth-order valence-electron chi connectivity index (χ4n) is 1.94. The van der Waals surface area contributed by atoms with Gasteiger partial charge in [0.05, 0.1) is 15.5 Å². The second-order valence-electron chi connectivity index (χ2n) is 4.68. The molecule has 0 heterocycles. The summed E-state index contributed by atoms with van der Waals surface area (Å²) in [5, 5.41) is 13.1. The third-order valence-electron chi connectivity index (χ3n) is 3.11. The fraction of sp³-hybridized carbons (Fsp3) is 0.133. The van der Waals surface area contributed by atoms with Crippen LogP contribution in [0, 0.1) is 17.0 Å². The van der Waals surface area contributed by atoms with Gasteiger partial charge < -0.3 is 5.32 Å². The van der Waals surface area contributed by atoms with E-state index in [9.17, 15) is 23.3 Å². The van der Waals surface area contributed by atoms with Gasteiger partial charge in [-0.25, -0.2) is 0 Å². The molecular formula is C15H11ClF3N2O2. The summed E-state index contributed by atoms with van der Waals surface area (Å²) in [6.45, 7) is 3.72. The molecule has 23 heavy (non-hydrogen) atoms. The lowest BCUT2D eigenvalue weighted by molar-refractivity contribution is -0.384. The van der Waals surface area contributed by atoms with E-state index in [1.807, 2.05) is 0 Å². The van der Waals surface area contributed by atoms with E-state index in [0.717, 1.165) is 11.6 Å². The number of benzene rings is 2. The first kappa shape index (κ1) is 17.1. The van der Waals surface area contributed by atoms with Crippen LogP contribution in [0.5, 0.6) is 0 Å². The summed E-state index contributed by atoms with van der Waals surface area (Å²) in [6.07, 6.45) is -4.19. The fourth-order valence-corrected chi connectivity index (χ4v) is 2.21. The molecule has 0 saturated heterocycles. The van der Waals surface area contributed by atoms with Crippen LogP contribution < -0.4 is 5.32 Å². The van der Waals surface area contributed by atoms with Crippen molar-refractivity contribution in [3.05, 3.63) is 69.6 Å². The van der Waals surface area contributed by atoms with Crippen LogP contribution in [0.2, 0.25) is 5.02 Å². The Morgan fingerprint density at radius 3 is 2.30 bits per heavy atom. The summed E-state index contributed by atoms with van der Waals surface area (Å²) < 4.78 is 38.4. The Hall–Kier alpha value is -2.28. The number of nitro groups is 1. The number of nitro benzene ring substituents is 1. The molecule has 0 aliphatic rings. The molecule has 0 fully saturated rings. The van der Waals surface area contributed by atoms with Gasteiger partial charge in [-0.3, -0.25) is 10.1 Å². The summed E-state index contributed by atoms with van der Waals surface area (Å²) in [5.74, 6) is 0. The topological polar surface area (TPSA) is 55.2 Å². The van der Waals surface area contributed by atoms with Gasteiger partial charge >= 0.3 is 6.18 Å². The molecule has 1 radical (unpaired) electrons. The largest absolute Gasteiger partial charge is 0.418 e. The van der Waals surface area contributed by atoms with Crippen molar-refractivity contribution >= 4 is 28.7 Å². The van der Waals surface area contributed by atoms with Crippen molar-refractivity contribution in [3.63, 3.8) is 0 Å². The van der Waals surface area contributed by atoms with Crippen molar-refractivity contribution in [1.82, 2.24) is 0 Å². The minimum absolute atomic E-state index is 0.115. The zero-order chi connectivity index (χ0) is 17.2. The molecule has 2 aromatic carbocycles. The van der Waals surface area contributed by atoms with E-state index in [4.69, 9.17) is 11.6 Å². The van der Waals surface area contributed by atoms with Crippen LogP contribution in [0.4, 0.5) is 30.2 Å². The first-order chi connectivity index (χ1) is 10.7. The maximum absolute atomic E-state index is 12.8. The monoisotopic (exact) mass is 343 g/mol. The van der Waals surface area contributed by atoms with E-state index in [1.165, 1.54) is 0 Å². The van der Waals surface area contributed by atoms with Crippen LogP contribution in [-0.4, -0.2) is 4.92 Å². The van der Waals surface area contributed by atoms with Gasteiger partial charge in [-0.1, -0.05) is 23.7 Å². The molecule has 0 aliphatic carbocycles. The van der Waals surface area contributed by atoms with Gasteiger partial charge in [0.15, 0.2) is 0 Å². The number of hydrogen-bond acceptors (Lipinski definition) is 3. The lowest BCUT2D eigenvalue weighted by Gasteiger charge is -2.13. The van der Waals surface area contributed by atoms with Crippen molar-refractivity contribution in [3.8, 4) is 0 Å². The van der Waals surface area contributed by atoms with Crippen molar-refractivity contribution < 1.29 is 18.1 Å². The highest BCUT2D eigenvalue weighted by Crippen LogP contribution is 2.41. The van der Waals surface area contributed by atoms with Gasteiger partial charge in [-0.2, -0.15) is 13.2 Å². The predicted molar refractivity (Wildman–Crippen MR) is 81.9 cm³/mol. The van der Waals surface area contributed by atoms with Crippen molar-refractivity contribution in [2.75, 3.05) is 5.32 Å². The summed E-state index contributed by atoms with van der Waals surface area (Å²) in [6, 6.07) is 8.14. The number of alkyl halides is 3. The zero-order valence-electron chi connectivity index (χ0n) is 11.7. The maximum Gasteiger partial charge on any atom is 0.418 e. The first-order valence-corrected chi connectivity index (χ1v) is 6.80. The highest BCUT2D eigenvalue weighted by Gasteiger charge is 2.36. The molecule has 0 bridgehead atoms. The second kappa shape index (κ2) is 6.45. The van der Waals surface area contributed by atoms with E-state index < -0.39 is 27.4 Å². The van der Waals surface area contributed by atoms with E-state index in [1.54, 1.807) is 24.3 Å². The second-order valence-corrected chi connectivity index (χ2v) is 5.08. The summed E-state index contributed by atoms with van der Waals surface area (Å²) >= 11 is 5.61. The molecule has 2 aromatic rings. The number of hydrogen-bond donors (Lipinski definition) is 1. The third kappa shape index (κ3) is 3.92. The first-order valence-electron chi connectivity index (χ1n) is 6.42. The van der Waals surface area contributed by atoms with Crippen LogP contribution >= 0.6 is 11.6 Å². The quantitative estimate of drug-likeness (QED) is 0.598. The molecule has 8 heteroatoms. The Labute approximate surface area is 135 Å². The van der Waals surface area contributed by atoms with Gasteiger partial charge in [-0.05, 0) is 37.1 Å². The maximum atomic E-state index is 12.8. The van der Waals surface area contributed by atoms with Gasteiger partial charge in [-0.15, -0.1) is 0 Å². The third-order valence-corrected chi connectivity index (χ3v) is 3.42. The standard InChI is InChI=1S/C15H11ClF3N2O2/c1-2-9-3-5-10(6-4-9)20-13-8-12(16)11(15(17,18)19)7-14(13)21(22)23/h3-8,20H,1-2H2. The predicted octanol–water partition coefficient (Wildman–Crippen LogP) is 5.39. The lowest BCUT2D eigenvalue weighted by Crippen LogP contribution is -2.08. The molecule has 121 valence electrons. The Morgan fingerprint density at radius 2 is 1.83 bits per heavy atom. The summed E-state index contributed by atoms with van der Waals surface area (Å²) in [5.41, 5.74) is -0.626. The van der Waals surface area contributed by atoms with Crippen molar-refractivity contribution in [2.45, 2.75) is 12.6 Å². The highest BCUT2D eigenvalue weighted by molar-refractivity contribution is 6.31. The molecule has 0 amide bonds. The Morgan fingerprint density at radius 1 is 1.22 bits per heavy atom. The summed E-state index contributed by atoms with van der Waals surface area (Å²) in [7, 11) is 0. The SMILES string of the molecule is [CH2]Cc1ccc(Nc2cc(Cl)c(C(F)(F)F)cc2[N+](=O)[O-])cc1. The van der Waals surface area contributed by atoms with Gasteiger partial charge in [0, 0.05) is 11.8 Å². The number of anilines is 2. The molecule has 4 nitrogen and oxygen atoms in total. The number of rotatable bonds is 4. The Balaban J connectivity index is 2.44. The van der Waals surface area contributed by atoms with E-state index in [2.05, 4.69) is 12.2 Å². The van der Waals surface area contributed by atoms with Crippen LogP contribution in [0.1, 0.15) is 11.1 Å². The molecule has 1 N–H and O–H groups in total. The summed E-state index contributed by atoms with van der Waals surface area (Å²) in [4.78, 5) is 10.2. The zero-order valence-corrected chi connectivity index (χ0v) is 12.4. The van der Waals surface area contributed by atoms with E-state index in [-0.39, 0.29) is 5.69 Å². The van der Waals surface area contributed by atoms with E-state index in [0.29, 0.717) is 18.2 Å². The van der Waals surface area contributed by atoms with Crippen molar-refractivity contribution in [1.29, 1.82) is 0 Å². The van der Waals surface area contributed by atoms with Gasteiger partial charge in [0.2, 0.25) is 0 Å². The highest BCUT2D eigenvalue weighted by atomic mass is 35.5. The smallest absolute Gasteiger partial charge is 0.350 e. The minimum atomic E-state index is -4.77. The molecular weight excluding hydrogens is 333 g/mol. The van der Waals surface area contributed by atoms with Crippen LogP contribution in [0.15, 0.2) is 36.4 Å².